The number of anilines is 2. The number of hydrogen-bond donors (Lipinski definition) is 2. The largest absolute Gasteiger partial charge is 0.417 e. The summed E-state index contributed by atoms with van der Waals surface area (Å²) in [6.07, 6.45) is -2.16. The van der Waals surface area contributed by atoms with E-state index in [0.29, 0.717) is 22.9 Å². The Hall–Kier alpha value is -2.77. The Morgan fingerprint density at radius 1 is 0.967 bits per heavy atom. The second-order valence-corrected chi connectivity index (χ2v) is 7.22. The van der Waals surface area contributed by atoms with Crippen molar-refractivity contribution in [3.63, 3.8) is 0 Å². The van der Waals surface area contributed by atoms with Gasteiger partial charge in [-0.2, -0.15) is 18.3 Å². The number of para-hydroxylation sites is 1. The van der Waals surface area contributed by atoms with Gasteiger partial charge >= 0.3 is 6.18 Å². The summed E-state index contributed by atoms with van der Waals surface area (Å²) in [6.45, 7) is 0. The second-order valence-electron chi connectivity index (χ2n) is 7.22. The van der Waals surface area contributed by atoms with Gasteiger partial charge in [0.2, 0.25) is 0 Å². The summed E-state index contributed by atoms with van der Waals surface area (Å²) in [5.74, 6) is 1.17. The molecule has 0 spiro atoms. The zero-order chi connectivity index (χ0) is 20.0. The van der Waals surface area contributed by atoms with Gasteiger partial charge in [-0.05, 0) is 31.0 Å². The number of fused-ring (bicyclic) bond motifs is 1. The predicted octanol–water partition coefficient (Wildman–Crippen LogP) is 6.26. The molecular weight excluding hydrogens is 428 g/mol. The third-order valence-corrected chi connectivity index (χ3v) is 5.10. The van der Waals surface area contributed by atoms with Crippen LogP contribution in [0.2, 0.25) is 0 Å². The van der Waals surface area contributed by atoms with E-state index < -0.39 is 11.7 Å². The number of benzene rings is 2. The average molecular weight is 445 g/mol. The van der Waals surface area contributed by atoms with Gasteiger partial charge in [-0.3, -0.25) is 5.10 Å². The molecule has 4 aromatic rings. The first kappa shape index (κ1) is 20.5. The maximum absolute atomic E-state index is 13.5. The van der Waals surface area contributed by atoms with Gasteiger partial charge in [0, 0.05) is 47.2 Å². The van der Waals surface area contributed by atoms with Crippen molar-refractivity contribution in [2.75, 3.05) is 5.32 Å². The molecule has 8 heteroatoms. The first-order valence-electron chi connectivity index (χ1n) is 9.38. The van der Waals surface area contributed by atoms with Crippen molar-refractivity contribution in [1.29, 1.82) is 0 Å². The zero-order valence-electron chi connectivity index (χ0n) is 15.7. The number of hydrogen-bond acceptors (Lipinski definition) is 3. The smallest absolute Gasteiger partial charge is 0.338 e. The van der Waals surface area contributed by atoms with Gasteiger partial charge in [-0.1, -0.05) is 36.4 Å². The van der Waals surface area contributed by atoms with Crippen LogP contribution >= 0.6 is 0 Å². The molecule has 0 atom stereocenters. The molecule has 2 N–H and O–H groups in total. The number of alkyl halides is 3. The molecule has 0 bridgehead atoms. The van der Waals surface area contributed by atoms with E-state index >= 15 is 0 Å². The third-order valence-electron chi connectivity index (χ3n) is 5.10. The standard InChI is InChI=1S/C22H17F3N4.V/c23-22(24,25)16-7-3-1-5-14(16)19-11-20(15-6-2-4-8-17(15)26-19)27-21-12-18(28-29-21)13-9-10-13;/h1-8,11-13H,9-10H2,(H2,26,27,28,29);. The fourth-order valence-electron chi connectivity index (χ4n) is 3.51. The molecule has 1 aliphatic carbocycles. The van der Waals surface area contributed by atoms with Crippen LogP contribution in [0.4, 0.5) is 24.7 Å². The van der Waals surface area contributed by atoms with Crippen LogP contribution in [0.1, 0.15) is 30.0 Å². The van der Waals surface area contributed by atoms with Crippen LogP contribution in [0.25, 0.3) is 22.2 Å². The molecule has 4 nitrogen and oxygen atoms in total. The Balaban J connectivity index is 0.00000218. The number of nitrogens with zero attached hydrogens (tertiary/aromatic N) is 2. The molecule has 2 heterocycles. The van der Waals surface area contributed by atoms with Crippen molar-refractivity contribution in [2.45, 2.75) is 24.9 Å². The molecule has 1 fully saturated rings. The summed E-state index contributed by atoms with van der Waals surface area (Å²) in [5, 5.41) is 11.4. The quantitative estimate of drug-likeness (QED) is 0.390. The number of nitrogens with one attached hydrogen (secondary N) is 2. The molecule has 1 aliphatic rings. The van der Waals surface area contributed by atoms with Gasteiger partial charge in [0.15, 0.2) is 5.82 Å². The van der Waals surface area contributed by atoms with Gasteiger partial charge in [0.25, 0.3) is 0 Å². The van der Waals surface area contributed by atoms with Gasteiger partial charge in [0.05, 0.1) is 22.5 Å². The molecular formula is C22H17F3N4V. The summed E-state index contributed by atoms with van der Waals surface area (Å²) < 4.78 is 40.6. The van der Waals surface area contributed by atoms with Crippen LogP contribution in [0.5, 0.6) is 0 Å². The molecule has 2 aromatic heterocycles. The third kappa shape index (κ3) is 3.95. The molecule has 1 radical (unpaired) electrons. The van der Waals surface area contributed by atoms with E-state index in [9.17, 15) is 13.2 Å². The minimum atomic E-state index is -4.46. The Labute approximate surface area is 182 Å². The van der Waals surface area contributed by atoms with Crippen LogP contribution in [0, 0.1) is 0 Å². The first-order chi connectivity index (χ1) is 14.0. The van der Waals surface area contributed by atoms with E-state index in [-0.39, 0.29) is 29.8 Å². The van der Waals surface area contributed by atoms with Crippen molar-refractivity contribution < 1.29 is 31.7 Å². The van der Waals surface area contributed by atoms with E-state index in [0.717, 1.165) is 30.0 Å². The fourth-order valence-corrected chi connectivity index (χ4v) is 3.51. The van der Waals surface area contributed by atoms with Gasteiger partial charge in [-0.15, -0.1) is 0 Å². The Morgan fingerprint density at radius 2 is 1.70 bits per heavy atom. The molecule has 151 valence electrons. The fraction of sp³-hybridized carbons (Fsp3) is 0.182. The number of H-pyrrole nitrogens is 1. The van der Waals surface area contributed by atoms with Crippen LogP contribution < -0.4 is 5.32 Å². The van der Waals surface area contributed by atoms with Crippen molar-refractivity contribution in [1.82, 2.24) is 15.2 Å². The monoisotopic (exact) mass is 445 g/mol. The Morgan fingerprint density at radius 3 is 2.47 bits per heavy atom. The molecule has 0 amide bonds. The average Bonchev–Trinajstić information content (AvgIpc) is 3.46. The summed E-state index contributed by atoms with van der Waals surface area (Å²) in [7, 11) is 0. The van der Waals surface area contributed by atoms with Gasteiger partial charge < -0.3 is 5.32 Å². The molecule has 0 unspecified atom stereocenters. The van der Waals surface area contributed by atoms with E-state index in [1.165, 1.54) is 12.1 Å². The summed E-state index contributed by atoms with van der Waals surface area (Å²) in [5.41, 5.74) is 1.96. The van der Waals surface area contributed by atoms with Crippen molar-refractivity contribution in [2.24, 2.45) is 0 Å². The van der Waals surface area contributed by atoms with Crippen LogP contribution in [0.3, 0.4) is 0 Å². The van der Waals surface area contributed by atoms with Crippen LogP contribution in [0.15, 0.2) is 60.7 Å². The number of pyridine rings is 1. The molecule has 5 rings (SSSR count). The van der Waals surface area contributed by atoms with Crippen LogP contribution in [-0.2, 0) is 24.7 Å². The van der Waals surface area contributed by atoms with E-state index in [2.05, 4.69) is 20.5 Å². The minimum Gasteiger partial charge on any atom is -0.338 e. The van der Waals surface area contributed by atoms with Crippen molar-refractivity contribution in [3.8, 4) is 11.3 Å². The normalized spacial score (nSPS) is 13.8. The predicted molar refractivity (Wildman–Crippen MR) is 106 cm³/mol. The van der Waals surface area contributed by atoms with Crippen molar-refractivity contribution >= 4 is 22.4 Å². The number of aromatic nitrogens is 3. The topological polar surface area (TPSA) is 53.6 Å². The SMILES string of the molecule is FC(F)(F)c1ccccc1-c1cc(Nc2cc(C3CC3)[nH]n2)c2ccccc2n1.[V]. The van der Waals surface area contributed by atoms with E-state index in [4.69, 9.17) is 0 Å². The molecule has 1 saturated carbocycles. The van der Waals surface area contributed by atoms with Gasteiger partial charge in [0.1, 0.15) is 0 Å². The van der Waals surface area contributed by atoms with Gasteiger partial charge in [-0.25, -0.2) is 4.98 Å². The number of rotatable bonds is 4. The maximum atomic E-state index is 13.5. The zero-order valence-corrected chi connectivity index (χ0v) is 17.1. The summed E-state index contributed by atoms with van der Waals surface area (Å²) in [6, 6.07) is 16.5. The molecule has 2 aromatic carbocycles. The second kappa shape index (κ2) is 7.81. The molecule has 0 saturated heterocycles. The Kier molecular flexibility index (Phi) is 5.34. The molecule has 30 heavy (non-hydrogen) atoms. The van der Waals surface area contributed by atoms with E-state index in [1.807, 2.05) is 24.3 Å². The number of halogens is 3. The maximum Gasteiger partial charge on any atom is 0.417 e. The summed E-state index contributed by atoms with van der Waals surface area (Å²) in [4.78, 5) is 4.50. The summed E-state index contributed by atoms with van der Waals surface area (Å²) >= 11 is 0. The molecule has 0 aliphatic heterocycles. The Bertz CT molecular complexity index is 1200. The first-order valence-corrected chi connectivity index (χ1v) is 9.38. The van der Waals surface area contributed by atoms with Crippen LogP contribution in [-0.4, -0.2) is 15.2 Å². The van der Waals surface area contributed by atoms with Crippen molar-refractivity contribution in [3.05, 3.63) is 71.9 Å². The number of aromatic amines is 1. The van der Waals surface area contributed by atoms with E-state index in [1.54, 1.807) is 18.2 Å². The minimum absolute atomic E-state index is 0.